The quantitative estimate of drug-likeness (QED) is 0.469. The molecule has 2 bridgehead atoms. The lowest BCUT2D eigenvalue weighted by Crippen LogP contribution is -2.45. The van der Waals surface area contributed by atoms with Gasteiger partial charge in [-0.3, -0.25) is 9.62 Å². The van der Waals surface area contributed by atoms with Crippen LogP contribution in [0, 0.1) is 5.82 Å². The standard InChI is InChI=1S/C23H23ClFN3O3S2/c24-19-12-22(33(29,30)27-23-26-8-9-32-23)20(25)13-21(19)31-18-10-16-6-7-17(11-18)28(16)14-15-4-2-1-3-5-15/h1-5,8-9,12-13,16-18H,6-7,10-11,14H2,(H,26,27)/t16-,17-/m0/s1. The van der Waals surface area contributed by atoms with Gasteiger partial charge < -0.3 is 4.74 Å². The first kappa shape index (κ1) is 22.6. The molecule has 174 valence electrons. The van der Waals surface area contributed by atoms with Crippen LogP contribution in [0.25, 0.3) is 0 Å². The molecule has 2 aromatic carbocycles. The lowest BCUT2D eigenvalue weighted by Gasteiger charge is -2.39. The van der Waals surface area contributed by atoms with Crippen LogP contribution >= 0.6 is 22.9 Å². The summed E-state index contributed by atoms with van der Waals surface area (Å²) in [6.45, 7) is 0.914. The molecule has 10 heteroatoms. The minimum atomic E-state index is -4.15. The summed E-state index contributed by atoms with van der Waals surface area (Å²) in [5.74, 6) is -0.744. The summed E-state index contributed by atoms with van der Waals surface area (Å²) < 4.78 is 48.3. The zero-order valence-electron chi connectivity index (χ0n) is 17.7. The fourth-order valence-corrected chi connectivity index (χ4v) is 6.95. The molecule has 3 aromatic rings. The van der Waals surface area contributed by atoms with Crippen LogP contribution in [-0.2, 0) is 16.6 Å². The van der Waals surface area contributed by atoms with Gasteiger partial charge in [0.05, 0.1) is 5.02 Å². The number of nitrogens with one attached hydrogen (secondary N) is 1. The van der Waals surface area contributed by atoms with Gasteiger partial charge in [-0.25, -0.2) is 17.8 Å². The number of piperidine rings is 1. The molecule has 2 aliphatic rings. The van der Waals surface area contributed by atoms with Gasteiger partial charge in [-0.2, -0.15) is 0 Å². The Kier molecular flexibility index (Phi) is 6.30. The molecule has 2 fully saturated rings. The molecule has 2 saturated heterocycles. The van der Waals surface area contributed by atoms with E-state index >= 15 is 0 Å². The Hall–Kier alpha value is -2.20. The molecule has 0 radical (unpaired) electrons. The Morgan fingerprint density at radius 2 is 1.91 bits per heavy atom. The van der Waals surface area contributed by atoms with E-state index in [1.165, 1.54) is 11.8 Å². The van der Waals surface area contributed by atoms with Gasteiger partial charge >= 0.3 is 0 Å². The summed E-state index contributed by atoms with van der Waals surface area (Å²) in [5, 5.41) is 1.84. The summed E-state index contributed by atoms with van der Waals surface area (Å²) in [5.41, 5.74) is 1.29. The fourth-order valence-electron chi connectivity index (χ4n) is 4.80. The monoisotopic (exact) mass is 507 g/mol. The van der Waals surface area contributed by atoms with E-state index in [1.54, 1.807) is 5.38 Å². The first-order chi connectivity index (χ1) is 15.9. The van der Waals surface area contributed by atoms with Crippen LogP contribution in [0.15, 0.2) is 58.9 Å². The molecule has 0 saturated carbocycles. The molecule has 3 heterocycles. The van der Waals surface area contributed by atoms with Crippen molar-refractivity contribution in [2.45, 2.75) is 55.3 Å². The fraction of sp³-hybridized carbons (Fsp3) is 0.348. The maximum atomic E-state index is 14.8. The molecule has 2 atom stereocenters. The number of hydrogen-bond acceptors (Lipinski definition) is 6. The molecule has 33 heavy (non-hydrogen) atoms. The molecular formula is C23H23ClFN3O3S2. The number of benzene rings is 2. The zero-order chi connectivity index (χ0) is 23.0. The van der Waals surface area contributed by atoms with Gasteiger partial charge in [-0.15, -0.1) is 11.3 Å². The smallest absolute Gasteiger partial charge is 0.266 e. The lowest BCUT2D eigenvalue weighted by atomic mass is 9.98. The van der Waals surface area contributed by atoms with E-state index in [1.807, 2.05) is 6.07 Å². The average Bonchev–Trinajstić information content (AvgIpc) is 3.36. The Morgan fingerprint density at radius 3 is 2.58 bits per heavy atom. The van der Waals surface area contributed by atoms with Gasteiger partial charge in [-0.1, -0.05) is 41.9 Å². The number of nitrogens with zero attached hydrogens (tertiary/aromatic N) is 2. The topological polar surface area (TPSA) is 71.5 Å². The first-order valence-electron chi connectivity index (χ1n) is 10.8. The van der Waals surface area contributed by atoms with Gasteiger partial charge in [0.25, 0.3) is 10.0 Å². The Balaban J connectivity index is 1.28. The summed E-state index contributed by atoms with van der Waals surface area (Å²) in [6, 6.07) is 13.4. The molecule has 0 spiro atoms. The number of thiazole rings is 1. The van der Waals surface area contributed by atoms with E-state index in [9.17, 15) is 12.8 Å². The van der Waals surface area contributed by atoms with Crippen LogP contribution < -0.4 is 9.46 Å². The number of fused-ring (bicyclic) bond motifs is 2. The van der Waals surface area contributed by atoms with E-state index in [4.69, 9.17) is 16.3 Å². The van der Waals surface area contributed by atoms with Crippen molar-refractivity contribution in [2.75, 3.05) is 4.72 Å². The van der Waals surface area contributed by atoms with E-state index in [0.717, 1.165) is 55.7 Å². The molecule has 1 N–H and O–H groups in total. The van der Waals surface area contributed by atoms with Gasteiger partial charge in [0.15, 0.2) is 5.13 Å². The highest BCUT2D eigenvalue weighted by Crippen LogP contribution is 2.40. The maximum Gasteiger partial charge on any atom is 0.266 e. The predicted molar refractivity (Wildman–Crippen MR) is 127 cm³/mol. The Bertz CT molecular complexity index is 1210. The van der Waals surface area contributed by atoms with Gasteiger partial charge in [-0.05, 0) is 37.3 Å². The Morgan fingerprint density at radius 1 is 1.18 bits per heavy atom. The molecule has 0 aliphatic carbocycles. The van der Waals surface area contributed by atoms with E-state index in [0.29, 0.717) is 12.1 Å². The molecule has 0 amide bonds. The van der Waals surface area contributed by atoms with Crippen molar-refractivity contribution in [1.82, 2.24) is 9.88 Å². The maximum absolute atomic E-state index is 14.8. The molecule has 5 rings (SSSR count). The highest BCUT2D eigenvalue weighted by atomic mass is 35.5. The third-order valence-electron chi connectivity index (χ3n) is 6.27. The number of sulfonamides is 1. The summed E-state index contributed by atoms with van der Waals surface area (Å²) in [7, 11) is -4.15. The number of rotatable bonds is 7. The highest BCUT2D eigenvalue weighted by molar-refractivity contribution is 7.93. The minimum absolute atomic E-state index is 0.0648. The van der Waals surface area contributed by atoms with Crippen molar-refractivity contribution in [1.29, 1.82) is 0 Å². The number of aromatic nitrogens is 1. The SMILES string of the molecule is O=S(=O)(Nc1nccs1)c1cc(Cl)c(OC2C[C@@H]3CC[C@@H](C2)N3Cc2ccccc2)cc1F. The van der Waals surface area contributed by atoms with Crippen LogP contribution in [-0.4, -0.2) is 36.5 Å². The van der Waals surface area contributed by atoms with Crippen LogP contribution in [0.2, 0.25) is 5.02 Å². The second kappa shape index (κ2) is 9.21. The molecular weight excluding hydrogens is 485 g/mol. The second-order valence-electron chi connectivity index (χ2n) is 8.41. The van der Waals surface area contributed by atoms with Gasteiger partial charge in [0.1, 0.15) is 22.6 Å². The van der Waals surface area contributed by atoms with Crippen LogP contribution in [0.3, 0.4) is 0 Å². The summed E-state index contributed by atoms with van der Waals surface area (Å²) in [6.07, 6.45) is 5.24. The third kappa shape index (κ3) is 4.87. The van der Waals surface area contributed by atoms with Crippen LogP contribution in [0.4, 0.5) is 9.52 Å². The van der Waals surface area contributed by atoms with Crippen molar-refractivity contribution < 1.29 is 17.5 Å². The van der Waals surface area contributed by atoms with E-state index in [-0.39, 0.29) is 22.0 Å². The average molecular weight is 508 g/mol. The normalized spacial score (nSPS) is 22.9. The number of anilines is 1. The molecule has 1 aromatic heterocycles. The van der Waals surface area contributed by atoms with Crippen molar-refractivity contribution in [3.63, 3.8) is 0 Å². The zero-order valence-corrected chi connectivity index (χ0v) is 20.0. The molecule has 0 unspecified atom stereocenters. The minimum Gasteiger partial charge on any atom is -0.489 e. The van der Waals surface area contributed by atoms with Gasteiger partial charge in [0, 0.05) is 36.3 Å². The summed E-state index contributed by atoms with van der Waals surface area (Å²) in [4.78, 5) is 5.88. The molecule has 2 aliphatic heterocycles. The third-order valence-corrected chi connectivity index (χ3v) is 8.74. The summed E-state index contributed by atoms with van der Waals surface area (Å²) >= 11 is 7.43. The molecule has 6 nitrogen and oxygen atoms in total. The number of ether oxygens (including phenoxy) is 1. The largest absolute Gasteiger partial charge is 0.489 e. The predicted octanol–water partition coefficient (Wildman–Crippen LogP) is 5.31. The van der Waals surface area contributed by atoms with Crippen molar-refractivity contribution in [3.05, 3.63) is 70.4 Å². The number of halogens is 2. The van der Waals surface area contributed by atoms with Crippen molar-refractivity contribution in [3.8, 4) is 5.75 Å². The van der Waals surface area contributed by atoms with Crippen LogP contribution in [0.5, 0.6) is 5.75 Å². The van der Waals surface area contributed by atoms with Crippen molar-refractivity contribution >= 4 is 38.1 Å². The highest BCUT2D eigenvalue weighted by Gasteiger charge is 2.41. The number of hydrogen-bond donors (Lipinski definition) is 1. The van der Waals surface area contributed by atoms with E-state index < -0.39 is 20.7 Å². The van der Waals surface area contributed by atoms with E-state index in [2.05, 4.69) is 38.9 Å². The Labute approximate surface area is 201 Å². The van der Waals surface area contributed by atoms with Crippen LogP contribution in [0.1, 0.15) is 31.2 Å². The van der Waals surface area contributed by atoms with Crippen molar-refractivity contribution in [2.24, 2.45) is 0 Å². The van der Waals surface area contributed by atoms with Gasteiger partial charge in [0.2, 0.25) is 0 Å². The second-order valence-corrected chi connectivity index (χ2v) is 11.4. The lowest BCUT2D eigenvalue weighted by molar-refractivity contribution is 0.0444. The first-order valence-corrected chi connectivity index (χ1v) is 13.5.